The third kappa shape index (κ3) is 5.22. The molecule has 0 spiro atoms. The van der Waals surface area contributed by atoms with Gasteiger partial charge in [0.1, 0.15) is 17.8 Å². The topological polar surface area (TPSA) is 97.2 Å². The first-order valence-electron chi connectivity index (χ1n) is 11.8. The van der Waals surface area contributed by atoms with Crippen molar-refractivity contribution in [1.29, 1.82) is 0 Å². The Balaban J connectivity index is 1.53. The lowest BCUT2D eigenvalue weighted by Gasteiger charge is -2.37. The van der Waals surface area contributed by atoms with E-state index in [1.54, 1.807) is 41.3 Å². The van der Waals surface area contributed by atoms with Gasteiger partial charge in [-0.3, -0.25) is 19.0 Å². The Bertz CT molecular complexity index is 1570. The number of amides is 2. The van der Waals surface area contributed by atoms with E-state index in [0.717, 1.165) is 5.56 Å². The lowest BCUT2D eigenvalue weighted by atomic mass is 10.0. The number of halogens is 2. The minimum atomic E-state index is -0.640. The van der Waals surface area contributed by atoms with Gasteiger partial charge in [0.15, 0.2) is 0 Å². The Kier molecular flexibility index (Phi) is 6.71. The van der Waals surface area contributed by atoms with Gasteiger partial charge in [-0.05, 0) is 47.9 Å². The second-order valence-electron chi connectivity index (χ2n) is 9.14. The summed E-state index contributed by atoms with van der Waals surface area (Å²) < 4.78 is 14.9. The normalized spacial score (nSPS) is 13.4. The molecule has 0 radical (unpaired) electrons. The fourth-order valence-corrected chi connectivity index (χ4v) is 4.43. The number of carbonyl (C=O) groups excluding carboxylic acids is 2. The van der Waals surface area contributed by atoms with Crippen LogP contribution in [0.2, 0.25) is 5.02 Å². The van der Waals surface area contributed by atoms with Gasteiger partial charge in [-0.15, -0.1) is 0 Å². The molecule has 1 aromatic carbocycles. The van der Waals surface area contributed by atoms with Crippen molar-refractivity contribution in [1.82, 2.24) is 24.8 Å². The maximum atomic E-state index is 13.7. The third-order valence-corrected chi connectivity index (χ3v) is 6.51. The number of aromatic nitrogens is 3. The Hall–Kier alpha value is -4.11. The number of pyridine rings is 3. The summed E-state index contributed by atoms with van der Waals surface area (Å²) in [7, 11) is 0. The first-order chi connectivity index (χ1) is 17.8. The van der Waals surface area contributed by atoms with Crippen LogP contribution in [0.25, 0.3) is 22.3 Å². The first-order valence-corrected chi connectivity index (χ1v) is 12.1. The van der Waals surface area contributed by atoms with E-state index in [4.69, 9.17) is 11.6 Å². The summed E-state index contributed by atoms with van der Waals surface area (Å²) >= 11 is 5.92. The van der Waals surface area contributed by atoms with Crippen LogP contribution in [0, 0.1) is 11.9 Å². The second-order valence-corrected chi connectivity index (χ2v) is 9.58. The number of likely N-dealkylation sites (tertiary alicyclic amines) is 1. The van der Waals surface area contributed by atoms with E-state index in [2.05, 4.69) is 15.3 Å². The molecule has 1 N–H and O–H groups in total. The van der Waals surface area contributed by atoms with Crippen molar-refractivity contribution in [2.45, 2.75) is 20.0 Å². The Morgan fingerprint density at radius 3 is 2.59 bits per heavy atom. The number of fused-ring (bicyclic) bond motifs is 1. The average molecular weight is 520 g/mol. The number of carbonyl (C=O) groups is 2. The molecule has 4 heterocycles. The molecule has 0 saturated carbocycles. The van der Waals surface area contributed by atoms with Crippen LogP contribution in [0.4, 0.5) is 4.39 Å². The predicted molar refractivity (Wildman–Crippen MR) is 138 cm³/mol. The summed E-state index contributed by atoms with van der Waals surface area (Å²) in [4.78, 5) is 49.3. The minimum Gasteiger partial charge on any atom is -0.348 e. The zero-order chi connectivity index (χ0) is 26.1. The fraction of sp³-hybridized carbons (Fsp3) is 0.222. The predicted octanol–water partition coefficient (Wildman–Crippen LogP) is 3.66. The van der Waals surface area contributed by atoms with Crippen LogP contribution in [-0.4, -0.2) is 44.3 Å². The summed E-state index contributed by atoms with van der Waals surface area (Å²) in [5, 5.41) is 3.78. The van der Waals surface area contributed by atoms with E-state index in [1.165, 1.54) is 29.0 Å². The lowest BCUT2D eigenvalue weighted by Crippen LogP contribution is -2.50. The SMILES string of the molecule is CC1CN(C(=O)Cn2c(=O)c(C(=O)NCc3ccc(Cl)cc3)cc3cc(-c4cccc(F)n4)cnc32)C1. The fourth-order valence-electron chi connectivity index (χ4n) is 4.30. The molecule has 8 nitrogen and oxygen atoms in total. The summed E-state index contributed by atoms with van der Waals surface area (Å²) in [6.07, 6.45) is 1.47. The molecule has 0 aliphatic carbocycles. The second kappa shape index (κ2) is 10.1. The van der Waals surface area contributed by atoms with E-state index < -0.39 is 17.4 Å². The minimum absolute atomic E-state index is 0.127. The average Bonchev–Trinajstić information content (AvgIpc) is 2.87. The third-order valence-electron chi connectivity index (χ3n) is 6.26. The molecule has 3 aromatic heterocycles. The van der Waals surface area contributed by atoms with Crippen LogP contribution in [-0.2, 0) is 17.9 Å². The summed E-state index contributed by atoms with van der Waals surface area (Å²) in [6, 6.07) is 14.5. The monoisotopic (exact) mass is 519 g/mol. The number of rotatable bonds is 6. The van der Waals surface area contributed by atoms with Gasteiger partial charge in [0.25, 0.3) is 11.5 Å². The molecule has 1 saturated heterocycles. The van der Waals surface area contributed by atoms with Gasteiger partial charge < -0.3 is 10.2 Å². The van der Waals surface area contributed by atoms with Crippen LogP contribution in [0.15, 0.2) is 65.6 Å². The highest BCUT2D eigenvalue weighted by atomic mass is 35.5. The molecule has 0 bridgehead atoms. The van der Waals surface area contributed by atoms with Crippen molar-refractivity contribution in [3.8, 4) is 11.3 Å². The molecule has 5 rings (SSSR count). The van der Waals surface area contributed by atoms with Crippen molar-refractivity contribution < 1.29 is 14.0 Å². The molecule has 1 fully saturated rings. The molecule has 10 heteroatoms. The number of benzene rings is 1. The smallest absolute Gasteiger partial charge is 0.265 e. The van der Waals surface area contributed by atoms with E-state index in [1.807, 2.05) is 6.92 Å². The van der Waals surface area contributed by atoms with Crippen molar-refractivity contribution in [3.63, 3.8) is 0 Å². The Labute approximate surface area is 216 Å². The van der Waals surface area contributed by atoms with E-state index in [9.17, 15) is 18.8 Å². The summed E-state index contributed by atoms with van der Waals surface area (Å²) in [5.41, 5.74) is 1.17. The number of hydrogen-bond donors (Lipinski definition) is 1. The maximum Gasteiger partial charge on any atom is 0.265 e. The van der Waals surface area contributed by atoms with Gasteiger partial charge in [-0.2, -0.15) is 4.39 Å². The molecule has 0 unspecified atom stereocenters. The molecule has 188 valence electrons. The highest BCUT2D eigenvalue weighted by Gasteiger charge is 2.28. The molecule has 1 aliphatic heterocycles. The van der Waals surface area contributed by atoms with Gasteiger partial charge in [0, 0.05) is 41.8 Å². The highest BCUT2D eigenvalue weighted by Crippen LogP contribution is 2.22. The van der Waals surface area contributed by atoms with Crippen LogP contribution < -0.4 is 10.9 Å². The Morgan fingerprint density at radius 1 is 1.14 bits per heavy atom. The quantitative estimate of drug-likeness (QED) is 0.392. The lowest BCUT2D eigenvalue weighted by molar-refractivity contribution is -0.137. The van der Waals surface area contributed by atoms with Gasteiger partial charge in [-0.1, -0.05) is 36.7 Å². The highest BCUT2D eigenvalue weighted by molar-refractivity contribution is 6.30. The van der Waals surface area contributed by atoms with Crippen molar-refractivity contribution in [3.05, 3.63) is 93.2 Å². The van der Waals surface area contributed by atoms with Gasteiger partial charge in [0.2, 0.25) is 11.9 Å². The molecule has 37 heavy (non-hydrogen) atoms. The number of nitrogens with one attached hydrogen (secondary N) is 1. The van der Waals surface area contributed by atoms with E-state index in [-0.39, 0.29) is 30.2 Å². The molecule has 4 aromatic rings. The molecular weight excluding hydrogens is 497 g/mol. The van der Waals surface area contributed by atoms with Crippen molar-refractivity contribution >= 4 is 34.4 Å². The molecular formula is C27H23ClFN5O3. The zero-order valence-corrected chi connectivity index (χ0v) is 20.7. The maximum absolute atomic E-state index is 13.7. The van der Waals surface area contributed by atoms with Crippen LogP contribution in [0.3, 0.4) is 0 Å². The Morgan fingerprint density at radius 2 is 1.89 bits per heavy atom. The van der Waals surface area contributed by atoms with Gasteiger partial charge in [-0.25, -0.2) is 9.97 Å². The largest absolute Gasteiger partial charge is 0.348 e. The summed E-state index contributed by atoms with van der Waals surface area (Å²) in [5.74, 6) is -1.05. The summed E-state index contributed by atoms with van der Waals surface area (Å²) in [6.45, 7) is 3.22. The van der Waals surface area contributed by atoms with Crippen LogP contribution >= 0.6 is 11.6 Å². The number of hydrogen-bond acceptors (Lipinski definition) is 5. The zero-order valence-electron chi connectivity index (χ0n) is 19.9. The number of nitrogens with zero attached hydrogens (tertiary/aromatic N) is 4. The van der Waals surface area contributed by atoms with Gasteiger partial charge in [0.05, 0.1) is 5.69 Å². The molecule has 1 aliphatic rings. The van der Waals surface area contributed by atoms with E-state index >= 15 is 0 Å². The van der Waals surface area contributed by atoms with Crippen LogP contribution in [0.1, 0.15) is 22.8 Å². The van der Waals surface area contributed by atoms with Crippen molar-refractivity contribution in [2.24, 2.45) is 5.92 Å². The first kappa shape index (κ1) is 24.6. The van der Waals surface area contributed by atoms with Crippen molar-refractivity contribution in [2.75, 3.05) is 13.1 Å². The van der Waals surface area contributed by atoms with Gasteiger partial charge >= 0.3 is 0 Å². The standard InChI is InChI=1S/C27H23ClFN5O3/c1-16-13-33(14-16)24(35)15-34-25-18(9-19(12-30-25)22-3-2-4-23(29)32-22)10-21(27(34)37)26(36)31-11-17-5-7-20(28)8-6-17/h2-10,12,16H,11,13-15H2,1H3,(H,31,36). The molecule has 2 amide bonds. The van der Waals surface area contributed by atoms with E-state index in [0.29, 0.717) is 40.7 Å². The molecule has 0 atom stereocenters. The van der Waals surface area contributed by atoms with Crippen LogP contribution in [0.5, 0.6) is 0 Å².